The fourth-order valence-electron chi connectivity index (χ4n) is 1.95. The van der Waals surface area contributed by atoms with Crippen LogP contribution in [0.3, 0.4) is 0 Å². The smallest absolute Gasteiger partial charge is 0.248 e. The van der Waals surface area contributed by atoms with E-state index in [1.807, 2.05) is 0 Å². The topological polar surface area (TPSA) is 47.6 Å². The van der Waals surface area contributed by atoms with Crippen LogP contribution in [0.5, 0.6) is 11.5 Å². The lowest BCUT2D eigenvalue weighted by molar-refractivity contribution is -0.111. The number of amides is 1. The number of ether oxygens (including phenoxy) is 2. The van der Waals surface area contributed by atoms with Gasteiger partial charge in [0.2, 0.25) is 12.7 Å². The zero-order chi connectivity index (χ0) is 15.5. The van der Waals surface area contributed by atoms with Gasteiger partial charge in [-0.25, -0.2) is 4.39 Å². The second-order valence-electron chi connectivity index (χ2n) is 4.56. The van der Waals surface area contributed by atoms with Gasteiger partial charge in [0, 0.05) is 10.5 Å². The molecule has 0 fully saturated rings. The molecule has 6 heteroatoms. The summed E-state index contributed by atoms with van der Waals surface area (Å²) in [7, 11) is 0. The molecule has 0 bridgehead atoms. The van der Waals surface area contributed by atoms with Crippen molar-refractivity contribution in [2.24, 2.45) is 0 Å². The molecular weight excluding hydrogens is 353 g/mol. The minimum atomic E-state index is -0.501. The summed E-state index contributed by atoms with van der Waals surface area (Å²) in [4.78, 5) is 11.8. The third-order valence-corrected chi connectivity index (χ3v) is 3.51. The van der Waals surface area contributed by atoms with Crippen LogP contribution in [-0.2, 0) is 4.79 Å². The van der Waals surface area contributed by atoms with E-state index < -0.39 is 11.7 Å². The fourth-order valence-corrected chi connectivity index (χ4v) is 2.29. The van der Waals surface area contributed by atoms with Crippen LogP contribution >= 0.6 is 15.9 Å². The van der Waals surface area contributed by atoms with Gasteiger partial charge in [-0.3, -0.25) is 4.79 Å². The van der Waals surface area contributed by atoms with Crippen LogP contribution in [0.1, 0.15) is 5.56 Å². The maximum absolute atomic E-state index is 13.6. The highest BCUT2D eigenvalue weighted by Crippen LogP contribution is 2.32. The molecule has 3 rings (SSSR count). The molecule has 0 radical (unpaired) electrons. The van der Waals surface area contributed by atoms with Crippen molar-refractivity contribution in [2.75, 3.05) is 12.1 Å². The molecular formula is C16H11BrFNO3. The Kier molecular flexibility index (Phi) is 4.11. The van der Waals surface area contributed by atoms with Gasteiger partial charge >= 0.3 is 0 Å². The van der Waals surface area contributed by atoms with Gasteiger partial charge in [-0.05, 0) is 42.0 Å². The van der Waals surface area contributed by atoms with Crippen LogP contribution in [-0.4, -0.2) is 12.7 Å². The molecule has 4 nitrogen and oxygen atoms in total. The van der Waals surface area contributed by atoms with Crippen LogP contribution in [0, 0.1) is 5.82 Å². The third-order valence-electron chi connectivity index (χ3n) is 3.01. The van der Waals surface area contributed by atoms with E-state index in [1.165, 1.54) is 18.2 Å². The van der Waals surface area contributed by atoms with E-state index in [-0.39, 0.29) is 12.5 Å². The first-order valence-corrected chi connectivity index (χ1v) is 7.25. The summed E-state index contributed by atoms with van der Waals surface area (Å²) in [5.41, 5.74) is 0.916. The number of carbonyl (C=O) groups is 1. The Bertz CT molecular complexity index is 761. The average Bonchev–Trinajstić information content (AvgIpc) is 2.95. The molecule has 22 heavy (non-hydrogen) atoms. The van der Waals surface area contributed by atoms with Crippen LogP contribution in [0.4, 0.5) is 10.1 Å². The van der Waals surface area contributed by atoms with Crippen molar-refractivity contribution >= 4 is 33.6 Å². The van der Waals surface area contributed by atoms with Crippen LogP contribution in [0.2, 0.25) is 0 Å². The lowest BCUT2D eigenvalue weighted by atomic mass is 10.2. The third kappa shape index (κ3) is 3.28. The summed E-state index contributed by atoms with van der Waals surface area (Å²) in [6, 6.07) is 9.78. The van der Waals surface area contributed by atoms with Gasteiger partial charge in [-0.15, -0.1) is 0 Å². The summed E-state index contributed by atoms with van der Waals surface area (Å²) in [5.74, 6) is 0.401. The molecule has 1 amide bonds. The Balaban J connectivity index is 1.68. The second-order valence-corrected chi connectivity index (χ2v) is 5.48. The number of halogens is 2. The summed E-state index contributed by atoms with van der Waals surface area (Å²) in [6.07, 6.45) is 2.95. The summed E-state index contributed by atoms with van der Waals surface area (Å²) >= 11 is 3.16. The first kappa shape index (κ1) is 14.6. The molecule has 0 unspecified atom stereocenters. The SMILES string of the molecule is O=C(/C=C\c1ccc2c(c1)OCO2)Nc1ccc(Br)cc1F. The fraction of sp³-hybridized carbons (Fsp3) is 0.0625. The molecule has 2 aromatic rings. The predicted octanol–water partition coefficient (Wildman–Crippen LogP) is 3.97. The Morgan fingerprint density at radius 3 is 2.82 bits per heavy atom. The molecule has 0 saturated heterocycles. The molecule has 0 aromatic heterocycles. The van der Waals surface area contributed by atoms with E-state index in [9.17, 15) is 9.18 Å². The van der Waals surface area contributed by atoms with E-state index in [1.54, 1.807) is 30.3 Å². The number of hydrogen-bond donors (Lipinski definition) is 1. The first-order valence-electron chi connectivity index (χ1n) is 6.45. The average molecular weight is 364 g/mol. The highest BCUT2D eigenvalue weighted by atomic mass is 79.9. The van der Waals surface area contributed by atoms with E-state index in [0.717, 1.165) is 5.56 Å². The molecule has 0 spiro atoms. The standard InChI is InChI=1S/C16H11BrFNO3/c17-11-3-4-13(12(18)8-11)19-16(20)6-2-10-1-5-14-15(7-10)22-9-21-14/h1-8H,9H2,(H,19,20)/b6-2-. The van der Waals surface area contributed by atoms with E-state index in [0.29, 0.717) is 16.0 Å². The number of anilines is 1. The van der Waals surface area contributed by atoms with Gasteiger partial charge in [0.25, 0.3) is 0 Å². The molecule has 1 aliphatic heterocycles. The van der Waals surface area contributed by atoms with Gasteiger partial charge in [-0.1, -0.05) is 22.0 Å². The van der Waals surface area contributed by atoms with E-state index in [2.05, 4.69) is 21.2 Å². The molecule has 112 valence electrons. The zero-order valence-corrected chi connectivity index (χ0v) is 12.9. The monoisotopic (exact) mass is 363 g/mol. The van der Waals surface area contributed by atoms with Crippen molar-refractivity contribution < 1.29 is 18.7 Å². The molecule has 1 aliphatic rings. The molecule has 1 N–H and O–H groups in total. The summed E-state index contributed by atoms with van der Waals surface area (Å²) in [5, 5.41) is 2.48. The van der Waals surface area contributed by atoms with Gasteiger partial charge < -0.3 is 14.8 Å². The van der Waals surface area contributed by atoms with Crippen molar-refractivity contribution in [3.63, 3.8) is 0 Å². The molecule has 1 heterocycles. The van der Waals surface area contributed by atoms with Crippen LogP contribution < -0.4 is 14.8 Å². The van der Waals surface area contributed by atoms with Gasteiger partial charge in [-0.2, -0.15) is 0 Å². The number of hydrogen-bond acceptors (Lipinski definition) is 3. The van der Waals surface area contributed by atoms with Gasteiger partial charge in [0.05, 0.1) is 5.69 Å². The number of fused-ring (bicyclic) bond motifs is 1. The Morgan fingerprint density at radius 2 is 2.00 bits per heavy atom. The molecule has 2 aromatic carbocycles. The highest BCUT2D eigenvalue weighted by Gasteiger charge is 2.12. The second kappa shape index (κ2) is 6.19. The Morgan fingerprint density at radius 1 is 1.18 bits per heavy atom. The first-order chi connectivity index (χ1) is 10.6. The maximum Gasteiger partial charge on any atom is 0.248 e. The number of rotatable bonds is 3. The van der Waals surface area contributed by atoms with Gasteiger partial charge in [0.1, 0.15) is 5.82 Å². The minimum absolute atomic E-state index is 0.128. The Hall–Kier alpha value is -2.34. The van der Waals surface area contributed by atoms with E-state index >= 15 is 0 Å². The normalized spacial score (nSPS) is 12.6. The highest BCUT2D eigenvalue weighted by molar-refractivity contribution is 9.10. The predicted molar refractivity (Wildman–Crippen MR) is 84.3 cm³/mol. The number of carbonyl (C=O) groups excluding carboxylic acids is 1. The van der Waals surface area contributed by atoms with Crippen LogP contribution in [0.25, 0.3) is 6.08 Å². The summed E-state index contributed by atoms with van der Waals surface area (Å²) in [6.45, 7) is 0.200. The zero-order valence-electron chi connectivity index (χ0n) is 11.3. The van der Waals surface area contributed by atoms with Crippen molar-refractivity contribution in [3.8, 4) is 11.5 Å². The number of benzene rings is 2. The Labute approximate surface area is 134 Å². The minimum Gasteiger partial charge on any atom is -0.454 e. The summed E-state index contributed by atoms with van der Waals surface area (Å²) < 4.78 is 24.7. The van der Waals surface area contributed by atoms with Gasteiger partial charge in [0.15, 0.2) is 11.5 Å². The molecule has 0 atom stereocenters. The lowest BCUT2D eigenvalue weighted by Gasteiger charge is -2.04. The van der Waals surface area contributed by atoms with E-state index in [4.69, 9.17) is 9.47 Å². The quantitative estimate of drug-likeness (QED) is 0.839. The van der Waals surface area contributed by atoms with Crippen molar-refractivity contribution in [1.29, 1.82) is 0 Å². The van der Waals surface area contributed by atoms with Crippen molar-refractivity contribution in [1.82, 2.24) is 0 Å². The lowest BCUT2D eigenvalue weighted by Crippen LogP contribution is -2.09. The van der Waals surface area contributed by atoms with Crippen molar-refractivity contribution in [3.05, 3.63) is 58.3 Å². The van der Waals surface area contributed by atoms with Crippen molar-refractivity contribution in [2.45, 2.75) is 0 Å². The maximum atomic E-state index is 13.6. The molecule has 0 saturated carbocycles. The number of nitrogens with one attached hydrogen (secondary N) is 1. The van der Waals surface area contributed by atoms with Crippen LogP contribution in [0.15, 0.2) is 46.9 Å². The largest absolute Gasteiger partial charge is 0.454 e. The molecule has 0 aliphatic carbocycles.